The average molecular weight is 425 g/mol. The number of amides is 1. The van der Waals surface area contributed by atoms with Crippen LogP contribution in [-0.4, -0.2) is 46.4 Å². The predicted octanol–water partition coefficient (Wildman–Crippen LogP) is 2.91. The lowest BCUT2D eigenvalue weighted by Gasteiger charge is -2.29. The quantitative estimate of drug-likeness (QED) is 0.765. The summed E-state index contributed by atoms with van der Waals surface area (Å²) in [5.74, 6) is -1.13. The van der Waals surface area contributed by atoms with Crippen molar-refractivity contribution in [3.63, 3.8) is 0 Å². The average Bonchev–Trinajstić information content (AvgIpc) is 2.85. The molecule has 8 nitrogen and oxygen atoms in total. The largest absolute Gasteiger partial charge is 0.478 e. The molecule has 2 heterocycles. The summed E-state index contributed by atoms with van der Waals surface area (Å²) in [5, 5.41) is 21.5. The molecule has 1 aromatic rings. The van der Waals surface area contributed by atoms with E-state index in [0.717, 1.165) is 0 Å². The van der Waals surface area contributed by atoms with E-state index in [1.165, 1.54) is 6.20 Å². The van der Waals surface area contributed by atoms with Crippen molar-refractivity contribution in [1.29, 1.82) is 5.26 Å². The first kappa shape index (κ1) is 20.0. The van der Waals surface area contributed by atoms with Crippen LogP contribution in [0.5, 0.6) is 0 Å². The number of hydrogen-bond donors (Lipinski definition) is 2. The number of ether oxygens (including phenoxy) is 1. The number of anilines is 1. The van der Waals surface area contributed by atoms with Crippen molar-refractivity contribution in [2.45, 2.75) is 45.3 Å². The Morgan fingerprint density at radius 1 is 1.50 bits per heavy atom. The van der Waals surface area contributed by atoms with Gasteiger partial charge in [-0.15, -0.1) is 0 Å². The third-order valence-corrected chi connectivity index (χ3v) is 4.67. The zero-order chi connectivity index (χ0) is 19.7. The number of nitrogens with zero attached hydrogens (tertiary/aromatic N) is 3. The third-order valence-electron chi connectivity index (χ3n) is 3.92. The van der Waals surface area contributed by atoms with E-state index in [4.69, 9.17) is 10.00 Å². The van der Waals surface area contributed by atoms with Crippen LogP contribution < -0.4 is 10.2 Å². The minimum atomic E-state index is -1.13. The van der Waals surface area contributed by atoms with E-state index in [-0.39, 0.29) is 11.3 Å². The summed E-state index contributed by atoms with van der Waals surface area (Å²) >= 11 is 3.30. The SMILES string of the molecule is CC(C)(C)OC(=O)N[C@@]1(C)CCN(c2c(C(=O)O)cnc(C#N)c2Br)C1. The van der Waals surface area contributed by atoms with Crippen LogP contribution in [0.3, 0.4) is 0 Å². The van der Waals surface area contributed by atoms with Crippen molar-refractivity contribution < 1.29 is 19.4 Å². The van der Waals surface area contributed by atoms with Crippen LogP contribution in [-0.2, 0) is 4.74 Å². The summed E-state index contributed by atoms with van der Waals surface area (Å²) in [4.78, 5) is 29.4. The van der Waals surface area contributed by atoms with Gasteiger partial charge in [-0.05, 0) is 50.0 Å². The van der Waals surface area contributed by atoms with Gasteiger partial charge in [-0.1, -0.05) is 0 Å². The Morgan fingerprint density at radius 2 is 2.15 bits per heavy atom. The summed E-state index contributed by atoms with van der Waals surface area (Å²) in [5.41, 5.74) is -0.701. The lowest BCUT2D eigenvalue weighted by molar-refractivity contribution is 0.0472. The molecule has 1 aromatic heterocycles. The fourth-order valence-corrected chi connectivity index (χ4v) is 3.48. The zero-order valence-corrected chi connectivity index (χ0v) is 16.7. The number of carbonyl (C=O) groups is 2. The normalized spacial score (nSPS) is 19.8. The molecule has 0 saturated carbocycles. The van der Waals surface area contributed by atoms with E-state index in [9.17, 15) is 14.7 Å². The fourth-order valence-electron chi connectivity index (χ4n) is 2.82. The molecule has 2 rings (SSSR count). The Kier molecular flexibility index (Phi) is 5.47. The number of halogens is 1. The van der Waals surface area contributed by atoms with Crippen LogP contribution in [0.4, 0.5) is 10.5 Å². The van der Waals surface area contributed by atoms with Crippen LogP contribution in [0, 0.1) is 11.3 Å². The first-order valence-corrected chi connectivity index (χ1v) is 8.83. The lowest BCUT2D eigenvalue weighted by atomic mass is 10.0. The van der Waals surface area contributed by atoms with Crippen molar-refractivity contribution in [2.75, 3.05) is 18.0 Å². The molecule has 1 amide bonds. The minimum Gasteiger partial charge on any atom is -0.478 e. The highest BCUT2D eigenvalue weighted by Gasteiger charge is 2.38. The van der Waals surface area contributed by atoms with Crippen molar-refractivity contribution in [2.24, 2.45) is 0 Å². The summed E-state index contributed by atoms with van der Waals surface area (Å²) in [7, 11) is 0. The maximum Gasteiger partial charge on any atom is 0.408 e. The summed E-state index contributed by atoms with van der Waals surface area (Å²) in [6.45, 7) is 8.11. The number of alkyl carbamates (subject to hydrolysis) is 1. The van der Waals surface area contributed by atoms with Crippen LogP contribution in [0.2, 0.25) is 0 Å². The highest BCUT2D eigenvalue weighted by atomic mass is 79.9. The molecule has 0 spiro atoms. The second kappa shape index (κ2) is 7.11. The fraction of sp³-hybridized carbons (Fsp3) is 0.529. The maximum absolute atomic E-state index is 12.1. The zero-order valence-electron chi connectivity index (χ0n) is 15.1. The van der Waals surface area contributed by atoms with Gasteiger partial charge in [-0.2, -0.15) is 5.26 Å². The van der Waals surface area contributed by atoms with E-state index < -0.39 is 23.2 Å². The molecule has 0 aromatic carbocycles. The first-order valence-electron chi connectivity index (χ1n) is 8.04. The molecule has 0 aliphatic carbocycles. The van der Waals surface area contributed by atoms with Crippen molar-refractivity contribution in [1.82, 2.24) is 10.3 Å². The third kappa shape index (κ3) is 4.43. The molecule has 1 atom stereocenters. The smallest absolute Gasteiger partial charge is 0.408 e. The highest BCUT2D eigenvalue weighted by Crippen LogP contribution is 2.36. The molecular weight excluding hydrogens is 404 g/mol. The number of aromatic nitrogens is 1. The molecule has 140 valence electrons. The number of carbonyl (C=O) groups excluding carboxylic acids is 1. The summed E-state index contributed by atoms with van der Waals surface area (Å²) in [6.07, 6.45) is 1.26. The number of aromatic carboxylic acids is 1. The number of rotatable bonds is 3. The van der Waals surface area contributed by atoms with E-state index >= 15 is 0 Å². The number of nitriles is 1. The topological polar surface area (TPSA) is 116 Å². The number of nitrogens with one attached hydrogen (secondary N) is 1. The summed E-state index contributed by atoms with van der Waals surface area (Å²) in [6, 6.07) is 1.94. The van der Waals surface area contributed by atoms with Gasteiger partial charge in [0.25, 0.3) is 0 Å². The van der Waals surface area contributed by atoms with Crippen LogP contribution in [0.15, 0.2) is 10.7 Å². The molecule has 1 aliphatic heterocycles. The van der Waals surface area contributed by atoms with Crippen LogP contribution in [0.25, 0.3) is 0 Å². The Hall–Kier alpha value is -2.34. The highest BCUT2D eigenvalue weighted by molar-refractivity contribution is 9.10. The Bertz CT molecular complexity index is 784. The number of hydrogen-bond acceptors (Lipinski definition) is 6. The van der Waals surface area contributed by atoms with Gasteiger partial charge in [-0.3, -0.25) is 0 Å². The maximum atomic E-state index is 12.1. The van der Waals surface area contributed by atoms with Gasteiger partial charge in [0.05, 0.1) is 15.7 Å². The van der Waals surface area contributed by atoms with Gasteiger partial charge in [0.2, 0.25) is 0 Å². The lowest BCUT2D eigenvalue weighted by Crippen LogP contribution is -2.49. The van der Waals surface area contributed by atoms with Gasteiger partial charge in [0.15, 0.2) is 5.69 Å². The monoisotopic (exact) mass is 424 g/mol. The number of carboxylic acid groups (broad SMARTS) is 1. The molecule has 0 bridgehead atoms. The second-order valence-corrected chi connectivity index (χ2v) is 8.25. The Labute approximate surface area is 160 Å². The standard InChI is InChI=1S/C17H21BrN4O4/c1-16(2,3)26-15(25)21-17(4)5-6-22(9-17)13-10(14(23)24)8-20-11(7-19)12(13)18/h8H,5-6,9H2,1-4H3,(H,21,25)(H,23,24)/t17-/m0/s1. The molecule has 26 heavy (non-hydrogen) atoms. The molecule has 1 fully saturated rings. The number of pyridine rings is 1. The second-order valence-electron chi connectivity index (χ2n) is 7.46. The van der Waals surface area contributed by atoms with E-state index in [1.54, 1.807) is 20.8 Å². The van der Waals surface area contributed by atoms with E-state index in [0.29, 0.717) is 29.7 Å². The molecule has 0 radical (unpaired) electrons. The predicted molar refractivity (Wildman–Crippen MR) is 98.2 cm³/mol. The molecular formula is C17H21BrN4O4. The summed E-state index contributed by atoms with van der Waals surface area (Å²) < 4.78 is 5.64. The first-order chi connectivity index (χ1) is 12.0. The van der Waals surface area contributed by atoms with Gasteiger partial charge in [0, 0.05) is 19.3 Å². The van der Waals surface area contributed by atoms with Crippen molar-refractivity contribution in [3.8, 4) is 6.07 Å². The molecule has 1 saturated heterocycles. The Morgan fingerprint density at radius 3 is 2.69 bits per heavy atom. The molecule has 0 unspecified atom stereocenters. The molecule has 9 heteroatoms. The van der Waals surface area contributed by atoms with E-state index in [2.05, 4.69) is 26.2 Å². The van der Waals surface area contributed by atoms with Gasteiger partial charge >= 0.3 is 12.1 Å². The van der Waals surface area contributed by atoms with Crippen molar-refractivity contribution >= 4 is 33.7 Å². The number of carboxylic acids is 1. The minimum absolute atomic E-state index is 0.00241. The van der Waals surface area contributed by atoms with E-state index in [1.807, 2.05) is 17.9 Å². The van der Waals surface area contributed by atoms with Crippen LogP contribution >= 0.6 is 15.9 Å². The van der Waals surface area contributed by atoms with Gasteiger partial charge in [0.1, 0.15) is 17.2 Å². The molecule has 1 aliphatic rings. The van der Waals surface area contributed by atoms with Gasteiger partial charge in [-0.25, -0.2) is 14.6 Å². The van der Waals surface area contributed by atoms with Crippen LogP contribution in [0.1, 0.15) is 50.2 Å². The molecule has 2 N–H and O–H groups in total. The van der Waals surface area contributed by atoms with Gasteiger partial charge < -0.3 is 20.1 Å². The van der Waals surface area contributed by atoms with Crippen molar-refractivity contribution in [3.05, 3.63) is 21.9 Å². The Balaban J connectivity index is 2.27.